The average Bonchev–Trinajstić information content (AvgIpc) is 3.26. The molecule has 2 aromatic carbocycles. The number of carbonyl (C=O) groups is 1. The SMILES string of the molecule is COc1ccc(/C=C/c2nc(C#N)c(N3CCN(C(=O)c4ccc(C)cc4)CC3)o2)cc1. The topological polar surface area (TPSA) is 82.6 Å². The summed E-state index contributed by atoms with van der Waals surface area (Å²) in [6, 6.07) is 17.3. The van der Waals surface area contributed by atoms with Crippen molar-refractivity contribution in [3.05, 3.63) is 76.8 Å². The van der Waals surface area contributed by atoms with Gasteiger partial charge in [-0.05, 0) is 42.8 Å². The molecule has 2 heterocycles. The number of oxazole rings is 1. The van der Waals surface area contributed by atoms with Crippen molar-refractivity contribution in [2.75, 3.05) is 38.2 Å². The summed E-state index contributed by atoms with van der Waals surface area (Å²) in [4.78, 5) is 20.8. The maximum atomic E-state index is 12.7. The van der Waals surface area contributed by atoms with Crippen LogP contribution in [-0.2, 0) is 0 Å². The standard InChI is InChI=1S/C25H24N4O3/c1-18-3-8-20(9-4-18)24(30)28-13-15-29(16-14-28)25-22(17-26)27-23(32-25)12-7-19-5-10-21(31-2)11-6-19/h3-12H,13-16H2,1-2H3/b12-7+. The van der Waals surface area contributed by atoms with Crippen LogP contribution in [0.2, 0.25) is 0 Å². The Hall–Kier alpha value is -4.05. The molecule has 1 amide bonds. The zero-order valence-corrected chi connectivity index (χ0v) is 18.1. The van der Waals surface area contributed by atoms with Gasteiger partial charge in [-0.25, -0.2) is 0 Å². The lowest BCUT2D eigenvalue weighted by atomic mass is 10.1. The molecule has 1 saturated heterocycles. The van der Waals surface area contributed by atoms with Crippen LogP contribution >= 0.6 is 0 Å². The quantitative estimate of drug-likeness (QED) is 0.611. The lowest BCUT2D eigenvalue weighted by Crippen LogP contribution is -2.48. The average molecular weight is 428 g/mol. The van der Waals surface area contributed by atoms with Crippen LogP contribution in [0.5, 0.6) is 5.75 Å². The van der Waals surface area contributed by atoms with E-state index >= 15 is 0 Å². The second-order valence-corrected chi connectivity index (χ2v) is 7.57. The van der Waals surface area contributed by atoms with Gasteiger partial charge >= 0.3 is 0 Å². The monoisotopic (exact) mass is 428 g/mol. The number of ether oxygens (including phenoxy) is 1. The number of benzene rings is 2. The maximum Gasteiger partial charge on any atom is 0.253 e. The number of nitriles is 1. The third-order valence-corrected chi connectivity index (χ3v) is 5.42. The van der Waals surface area contributed by atoms with Crippen molar-refractivity contribution in [1.82, 2.24) is 9.88 Å². The van der Waals surface area contributed by atoms with Gasteiger partial charge in [-0.15, -0.1) is 0 Å². The highest BCUT2D eigenvalue weighted by atomic mass is 16.5. The summed E-state index contributed by atoms with van der Waals surface area (Å²) in [6.45, 7) is 4.24. The number of piperazine rings is 1. The smallest absolute Gasteiger partial charge is 0.253 e. The third-order valence-electron chi connectivity index (χ3n) is 5.42. The van der Waals surface area contributed by atoms with Gasteiger partial charge in [0.25, 0.3) is 5.91 Å². The molecule has 4 rings (SSSR count). The molecule has 0 N–H and O–H groups in total. The molecule has 0 spiro atoms. The molecule has 32 heavy (non-hydrogen) atoms. The number of amides is 1. The molecule has 0 atom stereocenters. The van der Waals surface area contributed by atoms with Gasteiger partial charge in [-0.2, -0.15) is 10.2 Å². The second kappa shape index (κ2) is 9.40. The highest BCUT2D eigenvalue weighted by molar-refractivity contribution is 5.94. The number of anilines is 1. The minimum atomic E-state index is 0.0193. The van der Waals surface area contributed by atoms with Crippen molar-refractivity contribution in [3.63, 3.8) is 0 Å². The lowest BCUT2D eigenvalue weighted by molar-refractivity contribution is 0.0745. The molecule has 1 aromatic heterocycles. The van der Waals surface area contributed by atoms with Gasteiger partial charge in [-0.3, -0.25) is 4.79 Å². The van der Waals surface area contributed by atoms with Crippen LogP contribution in [0.3, 0.4) is 0 Å². The van der Waals surface area contributed by atoms with E-state index in [9.17, 15) is 10.1 Å². The molecular formula is C25H24N4O3. The molecule has 0 radical (unpaired) electrons. The van der Waals surface area contributed by atoms with Crippen molar-refractivity contribution in [1.29, 1.82) is 5.26 Å². The Morgan fingerprint density at radius 1 is 1.06 bits per heavy atom. The van der Waals surface area contributed by atoms with E-state index in [0.717, 1.165) is 16.9 Å². The van der Waals surface area contributed by atoms with Crippen LogP contribution < -0.4 is 9.64 Å². The van der Waals surface area contributed by atoms with Gasteiger partial charge in [0.2, 0.25) is 17.5 Å². The van der Waals surface area contributed by atoms with E-state index in [4.69, 9.17) is 9.15 Å². The van der Waals surface area contributed by atoms with Gasteiger partial charge in [0.1, 0.15) is 11.8 Å². The molecular weight excluding hydrogens is 404 g/mol. The van der Waals surface area contributed by atoms with Crippen LogP contribution in [0.1, 0.15) is 33.1 Å². The summed E-state index contributed by atoms with van der Waals surface area (Å²) >= 11 is 0. The van der Waals surface area contributed by atoms with Crippen LogP contribution in [0.4, 0.5) is 5.88 Å². The Kier molecular flexibility index (Phi) is 6.22. The number of nitrogens with zero attached hydrogens (tertiary/aromatic N) is 4. The van der Waals surface area contributed by atoms with E-state index in [1.165, 1.54) is 0 Å². The number of hydrogen-bond donors (Lipinski definition) is 0. The number of hydrogen-bond acceptors (Lipinski definition) is 6. The Labute approximate surface area is 187 Å². The number of carbonyl (C=O) groups excluding carboxylic acids is 1. The predicted molar refractivity (Wildman–Crippen MR) is 122 cm³/mol. The first-order valence-corrected chi connectivity index (χ1v) is 10.4. The summed E-state index contributed by atoms with van der Waals surface area (Å²) in [6.07, 6.45) is 3.61. The van der Waals surface area contributed by atoms with Crippen molar-refractivity contribution in [2.24, 2.45) is 0 Å². The van der Waals surface area contributed by atoms with E-state index in [2.05, 4.69) is 11.1 Å². The van der Waals surface area contributed by atoms with Crippen molar-refractivity contribution in [2.45, 2.75) is 6.92 Å². The summed E-state index contributed by atoms with van der Waals surface area (Å²) in [7, 11) is 1.63. The number of methoxy groups -OCH3 is 1. The Balaban J connectivity index is 1.42. The van der Waals surface area contributed by atoms with Crippen LogP contribution in [0.25, 0.3) is 12.2 Å². The van der Waals surface area contributed by atoms with E-state index < -0.39 is 0 Å². The fourth-order valence-corrected chi connectivity index (χ4v) is 3.56. The van der Waals surface area contributed by atoms with E-state index in [0.29, 0.717) is 43.5 Å². The zero-order valence-electron chi connectivity index (χ0n) is 18.1. The molecule has 162 valence electrons. The summed E-state index contributed by atoms with van der Waals surface area (Å²) in [5.74, 6) is 1.62. The van der Waals surface area contributed by atoms with Crippen molar-refractivity contribution < 1.29 is 13.9 Å². The Bertz CT molecular complexity index is 1150. The molecule has 7 nitrogen and oxygen atoms in total. The fraction of sp³-hybridized carbons (Fsp3) is 0.240. The van der Waals surface area contributed by atoms with E-state index in [-0.39, 0.29) is 11.6 Å². The normalized spacial score (nSPS) is 13.9. The zero-order chi connectivity index (χ0) is 22.5. The molecule has 1 aliphatic heterocycles. The molecule has 1 aliphatic rings. The van der Waals surface area contributed by atoms with E-state index in [1.54, 1.807) is 13.2 Å². The first-order valence-electron chi connectivity index (χ1n) is 10.4. The highest BCUT2D eigenvalue weighted by Crippen LogP contribution is 2.25. The molecule has 0 saturated carbocycles. The molecule has 0 unspecified atom stereocenters. The minimum absolute atomic E-state index is 0.0193. The molecule has 0 bridgehead atoms. The maximum absolute atomic E-state index is 12.7. The molecule has 0 aliphatic carbocycles. The number of rotatable bonds is 5. The minimum Gasteiger partial charge on any atom is -0.497 e. The second-order valence-electron chi connectivity index (χ2n) is 7.57. The van der Waals surface area contributed by atoms with Crippen LogP contribution in [0.15, 0.2) is 52.9 Å². The largest absolute Gasteiger partial charge is 0.497 e. The third kappa shape index (κ3) is 4.65. The summed E-state index contributed by atoms with van der Waals surface area (Å²) < 4.78 is 11.0. The van der Waals surface area contributed by atoms with Gasteiger partial charge in [0.15, 0.2) is 0 Å². The van der Waals surface area contributed by atoms with Crippen molar-refractivity contribution >= 4 is 23.9 Å². The molecule has 3 aromatic rings. The lowest BCUT2D eigenvalue weighted by Gasteiger charge is -2.34. The summed E-state index contributed by atoms with van der Waals surface area (Å²) in [5, 5.41) is 9.51. The number of aromatic nitrogens is 1. The van der Waals surface area contributed by atoms with Crippen LogP contribution in [-0.4, -0.2) is 49.1 Å². The first-order chi connectivity index (χ1) is 15.6. The van der Waals surface area contributed by atoms with Gasteiger partial charge in [0.05, 0.1) is 7.11 Å². The Morgan fingerprint density at radius 3 is 2.38 bits per heavy atom. The Morgan fingerprint density at radius 2 is 1.75 bits per heavy atom. The predicted octanol–water partition coefficient (Wildman–Crippen LogP) is 4.00. The number of aryl methyl sites for hydroxylation is 1. The highest BCUT2D eigenvalue weighted by Gasteiger charge is 2.26. The first kappa shape index (κ1) is 21.2. The molecule has 7 heteroatoms. The van der Waals surface area contributed by atoms with E-state index in [1.807, 2.05) is 71.3 Å². The van der Waals surface area contributed by atoms with Crippen LogP contribution in [0, 0.1) is 18.3 Å². The summed E-state index contributed by atoms with van der Waals surface area (Å²) in [5.41, 5.74) is 3.02. The van der Waals surface area contributed by atoms with Gasteiger partial charge in [-0.1, -0.05) is 29.8 Å². The van der Waals surface area contributed by atoms with Gasteiger partial charge in [0, 0.05) is 37.8 Å². The van der Waals surface area contributed by atoms with Gasteiger partial charge < -0.3 is 19.0 Å². The van der Waals surface area contributed by atoms with Crippen molar-refractivity contribution in [3.8, 4) is 11.8 Å². The molecule has 1 fully saturated rings. The fourth-order valence-electron chi connectivity index (χ4n) is 3.56.